The third kappa shape index (κ3) is 3.89. The first-order valence-corrected chi connectivity index (χ1v) is 5.08. The van der Waals surface area contributed by atoms with Gasteiger partial charge >= 0.3 is 0 Å². The van der Waals surface area contributed by atoms with E-state index in [0.717, 1.165) is 0 Å². The van der Waals surface area contributed by atoms with Gasteiger partial charge in [0.25, 0.3) is 0 Å². The maximum absolute atomic E-state index is 11.4. The summed E-state index contributed by atoms with van der Waals surface area (Å²) in [6, 6.07) is 3.34. The predicted octanol–water partition coefficient (Wildman–Crippen LogP) is 1.20. The quantitative estimate of drug-likeness (QED) is 0.470. The van der Waals surface area contributed by atoms with Gasteiger partial charge in [0.1, 0.15) is 5.15 Å². The minimum absolute atomic E-state index is 0.164. The van der Waals surface area contributed by atoms with Gasteiger partial charge in [0, 0.05) is 0 Å². The smallest absolute Gasteiger partial charge is 0.238 e. The molecule has 0 aliphatic heterocycles. The van der Waals surface area contributed by atoms with Crippen molar-refractivity contribution in [1.82, 2.24) is 10.3 Å². The molecule has 1 aromatic heterocycles. The summed E-state index contributed by atoms with van der Waals surface area (Å²) in [4.78, 5) is 15.4. The number of pyridine rings is 1. The lowest BCUT2D eigenvalue weighted by molar-refractivity contribution is -0.115. The molecular weight excluding hydrogens is 226 g/mol. The Labute approximate surface area is 99.4 Å². The molecule has 0 unspecified atom stereocenters. The zero-order chi connectivity index (χ0) is 12.0. The van der Waals surface area contributed by atoms with E-state index in [9.17, 15) is 4.79 Å². The van der Waals surface area contributed by atoms with Crippen molar-refractivity contribution in [3.63, 3.8) is 0 Å². The van der Waals surface area contributed by atoms with Crippen molar-refractivity contribution in [3.05, 3.63) is 23.0 Å². The molecule has 2 N–H and O–H groups in total. The van der Waals surface area contributed by atoms with Gasteiger partial charge in [-0.15, -0.1) is 6.42 Å². The highest BCUT2D eigenvalue weighted by molar-refractivity contribution is 6.29. The number of aromatic nitrogens is 1. The summed E-state index contributed by atoms with van der Waals surface area (Å²) in [6.07, 6.45) is 5.04. The van der Waals surface area contributed by atoms with Crippen LogP contribution in [-0.2, 0) is 4.79 Å². The van der Waals surface area contributed by atoms with Crippen LogP contribution < -0.4 is 10.6 Å². The molecule has 0 saturated heterocycles. The van der Waals surface area contributed by atoms with Crippen LogP contribution in [0, 0.1) is 19.3 Å². The number of carbonyl (C=O) groups excluding carboxylic acids is 1. The van der Waals surface area contributed by atoms with E-state index in [1.165, 1.54) is 0 Å². The lowest BCUT2D eigenvalue weighted by atomic mass is 10.3. The monoisotopic (exact) mass is 237 g/mol. The molecule has 0 spiro atoms. The lowest BCUT2D eigenvalue weighted by Gasteiger charge is -2.07. The number of hydrogen-bond donors (Lipinski definition) is 2. The number of halogens is 1. The summed E-state index contributed by atoms with van der Waals surface area (Å²) >= 11 is 5.70. The summed E-state index contributed by atoms with van der Waals surface area (Å²) in [7, 11) is 0. The molecular formula is C11H12ClN3O. The van der Waals surface area contributed by atoms with Gasteiger partial charge in [-0.3, -0.25) is 10.1 Å². The maximum atomic E-state index is 11.4. The van der Waals surface area contributed by atoms with Gasteiger partial charge in [0.2, 0.25) is 5.91 Å². The fourth-order valence-electron chi connectivity index (χ4n) is 1.11. The Morgan fingerprint density at radius 1 is 1.62 bits per heavy atom. The highest BCUT2D eigenvalue weighted by atomic mass is 35.5. The molecule has 1 heterocycles. The zero-order valence-electron chi connectivity index (χ0n) is 8.88. The van der Waals surface area contributed by atoms with Crippen LogP contribution in [0.5, 0.6) is 0 Å². The van der Waals surface area contributed by atoms with Crippen LogP contribution >= 0.6 is 11.6 Å². The van der Waals surface area contributed by atoms with Crippen LogP contribution in [-0.4, -0.2) is 24.0 Å². The summed E-state index contributed by atoms with van der Waals surface area (Å²) in [5, 5.41) is 5.90. The van der Waals surface area contributed by atoms with Crippen LogP contribution in [0.1, 0.15) is 5.69 Å². The van der Waals surface area contributed by atoms with E-state index in [-0.39, 0.29) is 12.5 Å². The van der Waals surface area contributed by atoms with Gasteiger partial charge in [-0.1, -0.05) is 17.5 Å². The van der Waals surface area contributed by atoms with E-state index in [4.69, 9.17) is 18.0 Å². The Morgan fingerprint density at radius 3 is 3.00 bits per heavy atom. The number of aryl methyl sites for hydroxylation is 1. The van der Waals surface area contributed by atoms with Gasteiger partial charge in [-0.05, 0) is 19.1 Å². The van der Waals surface area contributed by atoms with Crippen molar-refractivity contribution in [2.75, 3.05) is 18.4 Å². The van der Waals surface area contributed by atoms with Crippen LogP contribution in [0.3, 0.4) is 0 Å². The first-order valence-electron chi connectivity index (χ1n) is 4.70. The summed E-state index contributed by atoms with van der Waals surface area (Å²) < 4.78 is 0. The van der Waals surface area contributed by atoms with Crippen LogP contribution in [0.25, 0.3) is 0 Å². The molecule has 84 valence electrons. The van der Waals surface area contributed by atoms with Crippen LogP contribution in [0.2, 0.25) is 5.15 Å². The topological polar surface area (TPSA) is 54.0 Å². The van der Waals surface area contributed by atoms with Crippen molar-refractivity contribution in [2.24, 2.45) is 0 Å². The molecule has 0 radical (unpaired) electrons. The van der Waals surface area contributed by atoms with Gasteiger partial charge in [-0.25, -0.2) is 4.98 Å². The molecule has 4 nitrogen and oxygen atoms in total. The molecule has 1 amide bonds. The van der Waals surface area contributed by atoms with Crippen molar-refractivity contribution in [2.45, 2.75) is 6.92 Å². The molecule has 0 atom stereocenters. The van der Waals surface area contributed by atoms with Gasteiger partial charge in [-0.2, -0.15) is 0 Å². The molecule has 0 aromatic carbocycles. The summed E-state index contributed by atoms with van der Waals surface area (Å²) in [5.74, 6) is 2.22. The van der Waals surface area contributed by atoms with Gasteiger partial charge in [0.15, 0.2) is 0 Å². The number of hydrogen-bond acceptors (Lipinski definition) is 3. The number of rotatable bonds is 4. The lowest BCUT2D eigenvalue weighted by Crippen LogP contribution is -2.28. The number of amides is 1. The third-order valence-electron chi connectivity index (χ3n) is 1.84. The molecule has 0 aliphatic carbocycles. The van der Waals surface area contributed by atoms with Crippen LogP contribution in [0.4, 0.5) is 5.69 Å². The van der Waals surface area contributed by atoms with E-state index in [1.54, 1.807) is 19.1 Å². The van der Waals surface area contributed by atoms with E-state index >= 15 is 0 Å². The largest absolute Gasteiger partial charge is 0.323 e. The number of nitrogens with zero attached hydrogens (tertiary/aromatic N) is 1. The molecule has 0 bridgehead atoms. The standard InChI is InChI=1S/C11H12ClN3O/c1-3-6-13-7-11(16)15-9-4-5-10(12)14-8(9)2/h1,4-5,13H,6-7H2,2H3,(H,15,16). The Morgan fingerprint density at radius 2 is 2.38 bits per heavy atom. The molecule has 0 aliphatic rings. The molecule has 0 fully saturated rings. The maximum Gasteiger partial charge on any atom is 0.238 e. The minimum Gasteiger partial charge on any atom is -0.323 e. The minimum atomic E-state index is -0.164. The van der Waals surface area contributed by atoms with Crippen LogP contribution in [0.15, 0.2) is 12.1 Å². The molecule has 1 rings (SSSR count). The zero-order valence-corrected chi connectivity index (χ0v) is 9.64. The average molecular weight is 238 g/mol. The predicted molar refractivity (Wildman–Crippen MR) is 64.3 cm³/mol. The first kappa shape index (κ1) is 12.5. The Kier molecular flexibility index (Phi) is 4.77. The number of nitrogens with one attached hydrogen (secondary N) is 2. The van der Waals surface area contributed by atoms with E-state index in [2.05, 4.69) is 21.5 Å². The summed E-state index contributed by atoms with van der Waals surface area (Å²) in [6.45, 7) is 2.31. The molecule has 5 heteroatoms. The fourth-order valence-corrected chi connectivity index (χ4v) is 1.29. The highest BCUT2D eigenvalue weighted by Crippen LogP contribution is 2.15. The molecule has 16 heavy (non-hydrogen) atoms. The molecule has 0 saturated carbocycles. The number of terminal acetylenes is 1. The van der Waals surface area contributed by atoms with Crippen molar-refractivity contribution < 1.29 is 4.79 Å². The van der Waals surface area contributed by atoms with Crippen molar-refractivity contribution in [3.8, 4) is 12.3 Å². The second-order valence-electron chi connectivity index (χ2n) is 3.12. The second kappa shape index (κ2) is 6.11. The Bertz CT molecular complexity index is 426. The van der Waals surface area contributed by atoms with E-state index in [1.807, 2.05) is 0 Å². The van der Waals surface area contributed by atoms with Gasteiger partial charge in [0.05, 0.1) is 24.5 Å². The highest BCUT2D eigenvalue weighted by Gasteiger charge is 2.05. The normalized spacial score (nSPS) is 9.56. The average Bonchev–Trinajstić information content (AvgIpc) is 2.23. The second-order valence-corrected chi connectivity index (χ2v) is 3.51. The van der Waals surface area contributed by atoms with Crippen molar-refractivity contribution >= 4 is 23.2 Å². The SMILES string of the molecule is C#CCNCC(=O)Nc1ccc(Cl)nc1C. The number of anilines is 1. The molecule has 1 aromatic rings. The number of carbonyl (C=O) groups is 1. The third-order valence-corrected chi connectivity index (χ3v) is 2.05. The first-order chi connectivity index (χ1) is 7.63. The fraction of sp³-hybridized carbons (Fsp3) is 0.273. The Hall–Kier alpha value is -1.57. The van der Waals surface area contributed by atoms with E-state index < -0.39 is 0 Å². The Balaban J connectivity index is 2.53. The van der Waals surface area contributed by atoms with Crippen molar-refractivity contribution in [1.29, 1.82) is 0 Å². The van der Waals surface area contributed by atoms with Gasteiger partial charge < -0.3 is 5.32 Å². The van der Waals surface area contributed by atoms with E-state index in [0.29, 0.717) is 23.1 Å². The summed E-state index contributed by atoms with van der Waals surface area (Å²) in [5.41, 5.74) is 1.33.